The summed E-state index contributed by atoms with van der Waals surface area (Å²) in [6.07, 6.45) is 10.2. The van der Waals surface area contributed by atoms with Crippen molar-refractivity contribution in [3.8, 4) is 0 Å². The molecule has 0 aliphatic heterocycles. The van der Waals surface area contributed by atoms with Crippen LogP contribution in [-0.4, -0.2) is 37.2 Å². The average molecular weight is 277 g/mol. The Labute approximate surface area is 117 Å². The largest absolute Gasteiger partial charge is 0.381 e. The van der Waals surface area contributed by atoms with Crippen molar-refractivity contribution >= 4 is 10.0 Å². The molecule has 0 unspecified atom stereocenters. The Morgan fingerprint density at radius 1 is 0.833 bits per heavy atom. The van der Waals surface area contributed by atoms with Gasteiger partial charge in [-0.1, -0.05) is 34.1 Å². The molecular formula is C16H36OS. The lowest BCUT2D eigenvalue weighted by Gasteiger charge is -2.33. The van der Waals surface area contributed by atoms with E-state index in [-0.39, 0.29) is 10.0 Å². The first-order valence-electron chi connectivity index (χ1n) is 7.60. The fourth-order valence-electron chi connectivity index (χ4n) is 2.28. The van der Waals surface area contributed by atoms with Crippen LogP contribution in [0.25, 0.3) is 0 Å². The van der Waals surface area contributed by atoms with Gasteiger partial charge in [-0.25, -0.2) is 10.0 Å². The Bertz CT molecular complexity index is 188. The van der Waals surface area contributed by atoms with Crippen LogP contribution >= 0.6 is 10.0 Å². The topological polar surface area (TPSA) is 9.23 Å². The molecule has 112 valence electrons. The molecule has 0 radical (unpaired) electrons. The van der Waals surface area contributed by atoms with Crippen molar-refractivity contribution in [2.75, 3.05) is 37.2 Å². The summed E-state index contributed by atoms with van der Waals surface area (Å²) in [5.74, 6) is 4.49. The van der Waals surface area contributed by atoms with Gasteiger partial charge in [-0.3, -0.25) is 0 Å². The predicted octanol–water partition coefficient (Wildman–Crippen LogP) is 4.94. The second kappa shape index (κ2) is 10.1. The number of ether oxygens (including phenoxy) is 1. The van der Waals surface area contributed by atoms with E-state index in [4.69, 9.17) is 4.74 Å². The summed E-state index contributed by atoms with van der Waals surface area (Å²) in [4.78, 5) is 0. The molecular weight excluding hydrogens is 240 g/mol. The van der Waals surface area contributed by atoms with Crippen molar-refractivity contribution < 1.29 is 4.74 Å². The lowest BCUT2D eigenvalue weighted by atomic mass is 10.1. The Kier molecular flexibility index (Phi) is 10.3. The van der Waals surface area contributed by atoms with Gasteiger partial charge in [0.1, 0.15) is 0 Å². The molecule has 0 saturated heterocycles. The van der Waals surface area contributed by atoms with Gasteiger partial charge in [0.25, 0.3) is 0 Å². The van der Waals surface area contributed by atoms with Crippen LogP contribution in [-0.2, 0) is 4.74 Å². The highest BCUT2D eigenvalue weighted by Crippen LogP contribution is 2.42. The van der Waals surface area contributed by atoms with E-state index in [0.29, 0.717) is 0 Å². The molecule has 0 aromatic heterocycles. The number of unbranched alkanes of at least 4 members (excludes halogenated alkanes) is 2. The summed E-state index contributed by atoms with van der Waals surface area (Å²) in [5.41, 5.74) is 0. The van der Waals surface area contributed by atoms with Gasteiger partial charge in [-0.15, -0.1) is 0 Å². The van der Waals surface area contributed by atoms with Crippen LogP contribution in [0.15, 0.2) is 0 Å². The molecule has 0 aromatic rings. The highest BCUT2D eigenvalue weighted by atomic mass is 32.3. The molecule has 0 rings (SSSR count). The van der Waals surface area contributed by atoms with E-state index in [0.717, 1.165) is 25.0 Å². The van der Waals surface area contributed by atoms with E-state index in [1.54, 1.807) is 0 Å². The predicted molar refractivity (Wildman–Crippen MR) is 88.1 cm³/mol. The summed E-state index contributed by atoms with van der Waals surface area (Å²) < 4.78 is 5.65. The van der Waals surface area contributed by atoms with Crippen LogP contribution < -0.4 is 0 Å². The molecule has 0 spiro atoms. The molecule has 0 fully saturated rings. The van der Waals surface area contributed by atoms with E-state index in [2.05, 4.69) is 40.2 Å². The molecule has 1 nitrogen and oxygen atoms in total. The fraction of sp³-hybridized carbons (Fsp3) is 1.00. The van der Waals surface area contributed by atoms with Crippen LogP contribution in [0.3, 0.4) is 0 Å². The van der Waals surface area contributed by atoms with Gasteiger partial charge >= 0.3 is 0 Å². The van der Waals surface area contributed by atoms with E-state index >= 15 is 0 Å². The summed E-state index contributed by atoms with van der Waals surface area (Å²) in [6, 6.07) is 0. The van der Waals surface area contributed by atoms with E-state index in [9.17, 15) is 0 Å². The first-order chi connectivity index (χ1) is 8.33. The van der Waals surface area contributed by atoms with Crippen molar-refractivity contribution in [1.82, 2.24) is 0 Å². The van der Waals surface area contributed by atoms with Gasteiger partial charge in [0.05, 0.1) is 0 Å². The first-order valence-corrected chi connectivity index (χ1v) is 10.4. The maximum absolute atomic E-state index is 5.65. The SMILES string of the molecule is CC(C)CCOCCCCCS(C)(C)CC(C)C. The van der Waals surface area contributed by atoms with Gasteiger partial charge in [0.2, 0.25) is 0 Å². The number of hydrogen-bond acceptors (Lipinski definition) is 1. The zero-order valence-corrected chi connectivity index (χ0v) is 14.4. The summed E-state index contributed by atoms with van der Waals surface area (Å²) >= 11 is 0. The number of rotatable bonds is 11. The minimum Gasteiger partial charge on any atom is -0.381 e. The molecule has 0 atom stereocenters. The van der Waals surface area contributed by atoms with E-state index < -0.39 is 0 Å². The highest BCUT2D eigenvalue weighted by molar-refractivity contribution is 8.32. The summed E-state index contributed by atoms with van der Waals surface area (Å²) in [6.45, 7) is 11.1. The quantitative estimate of drug-likeness (QED) is 0.486. The molecule has 0 N–H and O–H groups in total. The molecule has 0 heterocycles. The summed E-state index contributed by atoms with van der Waals surface area (Å²) in [5, 5.41) is 0. The zero-order valence-electron chi connectivity index (χ0n) is 13.6. The van der Waals surface area contributed by atoms with Crippen molar-refractivity contribution in [2.24, 2.45) is 11.8 Å². The van der Waals surface area contributed by atoms with Crippen molar-refractivity contribution in [3.05, 3.63) is 0 Å². The normalized spacial score (nSPS) is 13.6. The molecule has 2 heteroatoms. The lowest BCUT2D eigenvalue weighted by molar-refractivity contribution is 0.120. The molecule has 0 aromatic carbocycles. The van der Waals surface area contributed by atoms with Crippen molar-refractivity contribution in [1.29, 1.82) is 0 Å². The van der Waals surface area contributed by atoms with Gasteiger partial charge in [0.15, 0.2) is 0 Å². The van der Waals surface area contributed by atoms with E-state index in [1.807, 2.05) is 0 Å². The molecule has 0 amide bonds. The van der Waals surface area contributed by atoms with Gasteiger partial charge in [-0.05, 0) is 55.1 Å². The molecule has 0 aliphatic rings. The molecule has 0 bridgehead atoms. The zero-order chi connectivity index (χ0) is 14.0. The maximum Gasteiger partial charge on any atom is 0.0468 e. The third-order valence-corrected chi connectivity index (χ3v) is 6.07. The Balaban J connectivity index is 3.34. The van der Waals surface area contributed by atoms with Crippen LogP contribution in [0.1, 0.15) is 53.4 Å². The standard InChI is InChI=1S/C16H36OS/c1-15(2)10-12-17-11-8-7-9-13-18(5,6)14-16(3)4/h15-16H,7-14H2,1-6H3. The maximum atomic E-state index is 5.65. The lowest BCUT2D eigenvalue weighted by Crippen LogP contribution is -2.11. The monoisotopic (exact) mass is 276 g/mol. The third-order valence-electron chi connectivity index (χ3n) is 3.11. The Hall–Kier alpha value is 0.310. The Morgan fingerprint density at radius 3 is 2.06 bits per heavy atom. The van der Waals surface area contributed by atoms with Crippen LogP contribution in [0.2, 0.25) is 0 Å². The second-order valence-corrected chi connectivity index (χ2v) is 11.2. The second-order valence-electron chi connectivity index (χ2n) is 6.89. The molecule has 0 saturated carbocycles. The van der Waals surface area contributed by atoms with Crippen molar-refractivity contribution in [3.63, 3.8) is 0 Å². The first kappa shape index (κ1) is 18.3. The smallest absolute Gasteiger partial charge is 0.0468 e. The van der Waals surface area contributed by atoms with Crippen LogP contribution in [0.5, 0.6) is 0 Å². The van der Waals surface area contributed by atoms with Gasteiger partial charge < -0.3 is 4.74 Å². The summed E-state index contributed by atoms with van der Waals surface area (Å²) in [7, 11) is -0.330. The minimum absolute atomic E-state index is 0.330. The van der Waals surface area contributed by atoms with E-state index in [1.165, 1.54) is 37.2 Å². The fourth-order valence-corrected chi connectivity index (χ4v) is 5.24. The highest BCUT2D eigenvalue weighted by Gasteiger charge is 2.12. The third kappa shape index (κ3) is 12.8. The van der Waals surface area contributed by atoms with Gasteiger partial charge in [0, 0.05) is 13.2 Å². The molecule has 0 aliphatic carbocycles. The van der Waals surface area contributed by atoms with Crippen LogP contribution in [0.4, 0.5) is 0 Å². The Morgan fingerprint density at radius 2 is 1.50 bits per heavy atom. The van der Waals surface area contributed by atoms with Crippen molar-refractivity contribution in [2.45, 2.75) is 53.4 Å². The van der Waals surface area contributed by atoms with Gasteiger partial charge in [-0.2, -0.15) is 0 Å². The minimum atomic E-state index is -0.330. The number of hydrogen-bond donors (Lipinski definition) is 0. The van der Waals surface area contributed by atoms with Crippen LogP contribution in [0, 0.1) is 11.8 Å². The average Bonchev–Trinajstić information content (AvgIpc) is 2.19. The molecule has 18 heavy (non-hydrogen) atoms.